The van der Waals surface area contributed by atoms with Crippen molar-refractivity contribution < 1.29 is 13.9 Å². The Kier molecular flexibility index (Phi) is 4.68. The van der Waals surface area contributed by atoms with E-state index < -0.39 is 0 Å². The van der Waals surface area contributed by atoms with E-state index in [1.807, 2.05) is 62.3 Å². The van der Waals surface area contributed by atoms with Crippen LogP contribution >= 0.6 is 11.3 Å². The van der Waals surface area contributed by atoms with Crippen molar-refractivity contribution in [1.29, 1.82) is 0 Å². The summed E-state index contributed by atoms with van der Waals surface area (Å²) in [5.41, 5.74) is 3.43. The van der Waals surface area contributed by atoms with E-state index in [2.05, 4.69) is 10.3 Å². The number of thiazole rings is 1. The fraction of sp³-hybridized carbons (Fsp3) is 0.238. The molecule has 0 aliphatic rings. The minimum Gasteiger partial charge on any atom is -0.497 e. The molecule has 1 N–H and O–H groups in total. The Bertz CT molecular complexity index is 1160. The van der Waals surface area contributed by atoms with Gasteiger partial charge in [-0.1, -0.05) is 23.5 Å². The predicted molar refractivity (Wildman–Crippen MR) is 113 cm³/mol. The lowest BCUT2D eigenvalue weighted by Crippen LogP contribution is -2.22. The van der Waals surface area contributed by atoms with Crippen LogP contribution in [0.4, 0.5) is 5.13 Å². The van der Waals surface area contributed by atoms with E-state index in [0.717, 1.165) is 37.6 Å². The number of carbonyl (C=O) groups excluding carboxylic acids is 1. The molecular weight excluding hydrogens is 374 g/mol. The number of aryl methyl sites for hydroxylation is 1. The number of fused-ring (bicyclic) bond motifs is 2. The molecule has 6 nitrogen and oxygen atoms in total. The average Bonchev–Trinajstić information content (AvgIpc) is 3.26. The zero-order valence-electron chi connectivity index (χ0n) is 16.2. The van der Waals surface area contributed by atoms with Crippen molar-refractivity contribution >= 4 is 43.6 Å². The highest BCUT2D eigenvalue weighted by atomic mass is 32.1. The maximum Gasteiger partial charge on any atom is 0.287 e. The van der Waals surface area contributed by atoms with Gasteiger partial charge in [0, 0.05) is 37.7 Å². The Labute approximate surface area is 166 Å². The summed E-state index contributed by atoms with van der Waals surface area (Å²) in [7, 11) is 5.57. The first-order chi connectivity index (χ1) is 13.5. The summed E-state index contributed by atoms with van der Waals surface area (Å²) in [6, 6.07) is 11.5. The molecule has 144 valence electrons. The van der Waals surface area contributed by atoms with Crippen LogP contribution in [0.15, 0.2) is 40.8 Å². The zero-order valence-corrected chi connectivity index (χ0v) is 17.0. The van der Waals surface area contributed by atoms with Crippen LogP contribution in [0.3, 0.4) is 0 Å². The maximum atomic E-state index is 12.7. The second-order valence-corrected chi connectivity index (χ2v) is 7.80. The third-order valence-electron chi connectivity index (χ3n) is 4.64. The Balaban J connectivity index is 1.58. The second-order valence-electron chi connectivity index (χ2n) is 6.79. The average molecular weight is 395 g/mol. The van der Waals surface area contributed by atoms with E-state index in [1.54, 1.807) is 18.4 Å². The number of benzene rings is 2. The van der Waals surface area contributed by atoms with Gasteiger partial charge in [0.25, 0.3) is 5.91 Å². The number of hydrogen-bond donors (Lipinski definition) is 1. The molecule has 0 aliphatic carbocycles. The minimum atomic E-state index is -0.227. The number of ether oxygens (including phenoxy) is 1. The highest BCUT2D eigenvalue weighted by molar-refractivity contribution is 7.22. The molecule has 0 radical (unpaired) electrons. The molecule has 0 atom stereocenters. The monoisotopic (exact) mass is 395 g/mol. The van der Waals surface area contributed by atoms with Gasteiger partial charge in [-0.2, -0.15) is 0 Å². The van der Waals surface area contributed by atoms with Crippen molar-refractivity contribution in [2.45, 2.75) is 13.5 Å². The molecule has 0 saturated carbocycles. The van der Waals surface area contributed by atoms with E-state index in [9.17, 15) is 4.79 Å². The molecule has 4 rings (SSSR count). The fourth-order valence-electron chi connectivity index (χ4n) is 3.04. The first-order valence-corrected chi connectivity index (χ1v) is 9.70. The van der Waals surface area contributed by atoms with Crippen LogP contribution in [0.2, 0.25) is 0 Å². The summed E-state index contributed by atoms with van der Waals surface area (Å²) < 4.78 is 12.1. The molecule has 0 unspecified atom stereocenters. The summed E-state index contributed by atoms with van der Waals surface area (Å²) in [6.45, 7) is 2.32. The lowest BCUT2D eigenvalue weighted by atomic mass is 10.1. The number of anilines is 1. The Morgan fingerprint density at radius 1 is 1.25 bits per heavy atom. The molecule has 2 heterocycles. The van der Waals surface area contributed by atoms with Crippen molar-refractivity contribution in [3.8, 4) is 5.75 Å². The van der Waals surface area contributed by atoms with Gasteiger partial charge < -0.3 is 19.4 Å². The summed E-state index contributed by atoms with van der Waals surface area (Å²) in [5.74, 6) is 0.901. The van der Waals surface area contributed by atoms with Gasteiger partial charge in [0.2, 0.25) is 0 Å². The molecule has 4 aromatic rings. The number of amides is 1. The largest absolute Gasteiger partial charge is 0.497 e. The van der Waals surface area contributed by atoms with Crippen LogP contribution in [0, 0.1) is 6.92 Å². The van der Waals surface area contributed by atoms with E-state index in [1.165, 1.54) is 0 Å². The fourth-order valence-corrected chi connectivity index (χ4v) is 3.94. The Hall–Kier alpha value is -3.06. The summed E-state index contributed by atoms with van der Waals surface area (Å²) in [5, 5.41) is 4.78. The van der Waals surface area contributed by atoms with E-state index >= 15 is 0 Å². The second kappa shape index (κ2) is 7.16. The highest BCUT2D eigenvalue weighted by Crippen LogP contribution is 2.34. The number of aromatic nitrogens is 1. The van der Waals surface area contributed by atoms with Gasteiger partial charge in [-0.25, -0.2) is 4.98 Å². The maximum absolute atomic E-state index is 12.7. The molecule has 2 aromatic carbocycles. The predicted octanol–water partition coefficient (Wildman–Crippen LogP) is 4.36. The van der Waals surface area contributed by atoms with Crippen molar-refractivity contribution in [2.24, 2.45) is 0 Å². The topological polar surface area (TPSA) is 67.6 Å². The van der Waals surface area contributed by atoms with Gasteiger partial charge >= 0.3 is 0 Å². The van der Waals surface area contributed by atoms with Crippen LogP contribution in [-0.4, -0.2) is 32.1 Å². The molecule has 0 fully saturated rings. The van der Waals surface area contributed by atoms with Gasteiger partial charge in [-0.15, -0.1) is 0 Å². The van der Waals surface area contributed by atoms with Crippen LogP contribution in [0.1, 0.15) is 21.7 Å². The molecule has 0 saturated heterocycles. The minimum absolute atomic E-state index is 0.227. The normalized spacial score (nSPS) is 11.1. The standard InChI is InChI=1S/C21H21N3O3S/c1-12-15-9-16-18(28-21(23-16)24(2)3)10-17(15)27-19(12)20(25)22-11-13-5-7-14(26-4)8-6-13/h5-10H,11H2,1-4H3,(H,22,25). The molecule has 28 heavy (non-hydrogen) atoms. The van der Waals surface area contributed by atoms with Gasteiger partial charge in [-0.3, -0.25) is 4.79 Å². The summed E-state index contributed by atoms with van der Waals surface area (Å²) >= 11 is 1.60. The summed E-state index contributed by atoms with van der Waals surface area (Å²) in [6.07, 6.45) is 0. The van der Waals surface area contributed by atoms with Crippen molar-refractivity contribution in [3.05, 3.63) is 53.3 Å². The van der Waals surface area contributed by atoms with Crippen molar-refractivity contribution in [3.63, 3.8) is 0 Å². The molecule has 1 amide bonds. The van der Waals surface area contributed by atoms with Crippen LogP contribution in [0.25, 0.3) is 21.2 Å². The van der Waals surface area contributed by atoms with E-state index in [4.69, 9.17) is 9.15 Å². The molecule has 2 aromatic heterocycles. The molecule has 7 heteroatoms. The number of rotatable bonds is 5. The van der Waals surface area contributed by atoms with Gasteiger partial charge in [0.05, 0.1) is 17.3 Å². The Morgan fingerprint density at radius 2 is 2.00 bits per heavy atom. The SMILES string of the molecule is COc1ccc(CNC(=O)c2oc3cc4sc(N(C)C)nc4cc3c2C)cc1. The number of methoxy groups -OCH3 is 1. The van der Waals surface area contributed by atoms with E-state index in [-0.39, 0.29) is 5.91 Å². The van der Waals surface area contributed by atoms with Gasteiger partial charge in [0.15, 0.2) is 10.9 Å². The first-order valence-electron chi connectivity index (χ1n) is 8.88. The van der Waals surface area contributed by atoms with Crippen LogP contribution in [-0.2, 0) is 6.54 Å². The van der Waals surface area contributed by atoms with Gasteiger partial charge in [-0.05, 0) is 30.7 Å². The molecular formula is C21H21N3O3S. The number of hydrogen-bond acceptors (Lipinski definition) is 6. The van der Waals surface area contributed by atoms with Crippen LogP contribution < -0.4 is 15.0 Å². The molecule has 0 aliphatic heterocycles. The Morgan fingerprint density at radius 3 is 2.68 bits per heavy atom. The lowest BCUT2D eigenvalue weighted by molar-refractivity contribution is 0.0924. The quantitative estimate of drug-likeness (QED) is 0.544. The summed E-state index contributed by atoms with van der Waals surface area (Å²) in [4.78, 5) is 19.3. The van der Waals surface area contributed by atoms with E-state index in [0.29, 0.717) is 17.9 Å². The number of nitrogens with one attached hydrogen (secondary N) is 1. The zero-order chi connectivity index (χ0) is 19.8. The smallest absolute Gasteiger partial charge is 0.287 e. The third kappa shape index (κ3) is 3.29. The van der Waals surface area contributed by atoms with Crippen molar-refractivity contribution in [1.82, 2.24) is 10.3 Å². The molecule has 0 spiro atoms. The van der Waals surface area contributed by atoms with Gasteiger partial charge in [0.1, 0.15) is 11.3 Å². The number of nitrogens with zero attached hydrogens (tertiary/aromatic N) is 2. The number of carbonyl (C=O) groups is 1. The van der Waals surface area contributed by atoms with Crippen LogP contribution in [0.5, 0.6) is 5.75 Å². The van der Waals surface area contributed by atoms with Crippen molar-refractivity contribution in [2.75, 3.05) is 26.1 Å². The molecule has 0 bridgehead atoms. The third-order valence-corrected chi connectivity index (χ3v) is 5.82. The lowest BCUT2D eigenvalue weighted by Gasteiger charge is -2.05. The number of furan rings is 1. The highest BCUT2D eigenvalue weighted by Gasteiger charge is 2.19. The first kappa shape index (κ1) is 18.3.